The van der Waals surface area contributed by atoms with Crippen LogP contribution < -0.4 is 5.46 Å². The van der Waals surface area contributed by atoms with Gasteiger partial charge in [0.2, 0.25) is 0 Å². The Kier molecular flexibility index (Phi) is 1.25. The predicted molar refractivity (Wildman–Crippen MR) is 39.5 cm³/mol. The van der Waals surface area contributed by atoms with Crippen molar-refractivity contribution in [2.24, 2.45) is 0 Å². The molecule has 0 spiro atoms. The summed E-state index contributed by atoms with van der Waals surface area (Å²) in [6.45, 7) is -4.09. The van der Waals surface area contributed by atoms with Crippen LogP contribution >= 0.6 is 0 Å². The first kappa shape index (κ1) is 7.27. The highest BCUT2D eigenvalue weighted by Gasteiger charge is 2.41. The molecule has 2 nitrogen and oxygen atoms in total. The maximum Gasteiger partial charge on any atom is 0.536 e. The lowest BCUT2D eigenvalue weighted by Crippen LogP contribution is -2.37. The van der Waals surface area contributed by atoms with E-state index in [1.54, 1.807) is 0 Å². The zero-order chi connectivity index (χ0) is 8.77. The molecule has 0 saturated heterocycles. The van der Waals surface area contributed by atoms with E-state index in [-0.39, 0.29) is 11.0 Å². The van der Waals surface area contributed by atoms with Crippen LogP contribution in [0.1, 0.15) is 10.4 Å². The van der Waals surface area contributed by atoms with Crippen LogP contribution in [0.25, 0.3) is 0 Å². The first-order valence-corrected chi connectivity index (χ1v) is 3.45. The molecule has 1 aliphatic heterocycles. The maximum atomic E-state index is 12.8. The van der Waals surface area contributed by atoms with Gasteiger partial charge in [0.25, 0.3) is 5.97 Å². The molecule has 0 radical (unpaired) electrons. The number of rotatable bonds is 0. The van der Waals surface area contributed by atoms with Gasteiger partial charge >= 0.3 is 6.90 Å². The molecule has 0 fully saturated rings. The summed E-state index contributed by atoms with van der Waals surface area (Å²) in [5, 5.41) is 0. The lowest BCUT2D eigenvalue weighted by molar-refractivity contribution is 0.0703. The van der Waals surface area contributed by atoms with E-state index in [9.17, 15) is 13.4 Å². The van der Waals surface area contributed by atoms with Crippen molar-refractivity contribution >= 4 is 18.3 Å². The number of hydrogen-bond acceptors (Lipinski definition) is 2. The molecule has 1 aliphatic rings. The SMILES string of the molecule is O=C1O[B-](F)(F)c2ccccc21. The first-order valence-electron chi connectivity index (χ1n) is 3.45. The second-order valence-electron chi connectivity index (χ2n) is 2.59. The molecule has 0 saturated carbocycles. The van der Waals surface area contributed by atoms with E-state index < -0.39 is 12.9 Å². The van der Waals surface area contributed by atoms with Crippen molar-refractivity contribution in [1.29, 1.82) is 0 Å². The minimum Gasteiger partial charge on any atom is -0.630 e. The number of fused-ring (bicyclic) bond motifs is 1. The van der Waals surface area contributed by atoms with Crippen LogP contribution in [0.5, 0.6) is 0 Å². The zero-order valence-corrected chi connectivity index (χ0v) is 5.96. The van der Waals surface area contributed by atoms with Crippen molar-refractivity contribution in [1.82, 2.24) is 0 Å². The van der Waals surface area contributed by atoms with Crippen LogP contribution in [0.3, 0.4) is 0 Å². The van der Waals surface area contributed by atoms with E-state index in [0.717, 1.165) is 0 Å². The largest absolute Gasteiger partial charge is 0.630 e. The highest BCUT2D eigenvalue weighted by molar-refractivity contribution is 6.79. The van der Waals surface area contributed by atoms with Gasteiger partial charge in [0.1, 0.15) is 0 Å². The van der Waals surface area contributed by atoms with Crippen LogP contribution in [-0.4, -0.2) is 12.9 Å². The van der Waals surface area contributed by atoms with Crippen LogP contribution in [0.15, 0.2) is 24.3 Å². The van der Waals surface area contributed by atoms with E-state index in [4.69, 9.17) is 0 Å². The Labute approximate surface area is 67.2 Å². The number of carbonyl (C=O) groups excluding carboxylic acids is 1. The highest BCUT2D eigenvalue weighted by Crippen LogP contribution is 2.21. The molecule has 2 rings (SSSR count). The van der Waals surface area contributed by atoms with E-state index in [0.29, 0.717) is 0 Å². The lowest BCUT2D eigenvalue weighted by atomic mass is 9.77. The van der Waals surface area contributed by atoms with Gasteiger partial charge in [-0.1, -0.05) is 29.7 Å². The summed E-state index contributed by atoms with van der Waals surface area (Å²) in [4.78, 5) is 10.8. The van der Waals surface area contributed by atoms with Crippen LogP contribution in [0, 0.1) is 0 Å². The van der Waals surface area contributed by atoms with Crippen LogP contribution in [-0.2, 0) is 4.65 Å². The molecule has 0 atom stereocenters. The molecule has 0 aliphatic carbocycles. The van der Waals surface area contributed by atoms with Gasteiger partial charge in [0, 0.05) is 5.56 Å². The summed E-state index contributed by atoms with van der Waals surface area (Å²) in [5.41, 5.74) is -0.315. The molecule has 12 heavy (non-hydrogen) atoms. The van der Waals surface area contributed by atoms with Gasteiger partial charge in [-0.3, -0.25) is 4.79 Å². The lowest BCUT2D eigenvalue weighted by Gasteiger charge is -2.16. The molecule has 1 heterocycles. The topological polar surface area (TPSA) is 26.3 Å². The van der Waals surface area contributed by atoms with E-state index in [1.807, 2.05) is 0 Å². The minimum absolute atomic E-state index is 0.0255. The van der Waals surface area contributed by atoms with Crippen molar-refractivity contribution < 1.29 is 18.1 Å². The molecule has 62 valence electrons. The molecule has 5 heteroatoms. The number of hydrogen-bond donors (Lipinski definition) is 0. The highest BCUT2D eigenvalue weighted by atomic mass is 19.3. The standard InChI is InChI=1S/C7H4BF2O2/c9-8(10)6-4-2-1-3-5(6)7(11)12-8/h1-4H/q-1. The third kappa shape index (κ3) is 0.824. The summed E-state index contributed by atoms with van der Waals surface area (Å²) in [6, 6.07) is 5.52. The van der Waals surface area contributed by atoms with E-state index >= 15 is 0 Å². The van der Waals surface area contributed by atoms with Gasteiger partial charge < -0.3 is 13.3 Å². The number of halogens is 2. The smallest absolute Gasteiger partial charge is 0.536 e. The van der Waals surface area contributed by atoms with E-state index in [1.165, 1.54) is 24.3 Å². The summed E-state index contributed by atoms with van der Waals surface area (Å²) < 4.78 is 29.5. The molecular formula is C7H4BF2O2-. The fourth-order valence-electron chi connectivity index (χ4n) is 1.24. The zero-order valence-electron chi connectivity index (χ0n) is 5.96. The van der Waals surface area contributed by atoms with Crippen LogP contribution in [0.4, 0.5) is 8.63 Å². The Morgan fingerprint density at radius 1 is 1.25 bits per heavy atom. The summed E-state index contributed by atoms with van der Waals surface area (Å²) in [5.74, 6) is -0.935. The Bertz CT molecular complexity index is 351. The van der Waals surface area contributed by atoms with Gasteiger partial charge in [-0.25, -0.2) is 0 Å². The van der Waals surface area contributed by atoms with Crippen molar-refractivity contribution in [3.05, 3.63) is 29.8 Å². The molecule has 0 bridgehead atoms. The predicted octanol–water partition coefficient (Wildman–Crippen LogP) is 0.942. The minimum atomic E-state index is -4.09. The van der Waals surface area contributed by atoms with E-state index in [2.05, 4.69) is 4.65 Å². The molecule has 0 aromatic heterocycles. The molecule has 0 N–H and O–H groups in total. The average Bonchev–Trinajstić information content (AvgIpc) is 2.25. The normalized spacial score (nSPS) is 18.7. The summed E-state index contributed by atoms with van der Waals surface area (Å²) in [7, 11) is 0. The van der Waals surface area contributed by atoms with Gasteiger partial charge in [-0.15, -0.1) is 0 Å². The molecule has 0 amide bonds. The van der Waals surface area contributed by atoms with Gasteiger partial charge in [0.15, 0.2) is 0 Å². The third-order valence-corrected chi connectivity index (χ3v) is 1.80. The van der Waals surface area contributed by atoms with Crippen LogP contribution in [0.2, 0.25) is 0 Å². The van der Waals surface area contributed by atoms with Crippen molar-refractivity contribution in [2.75, 3.05) is 0 Å². The average molecular weight is 169 g/mol. The van der Waals surface area contributed by atoms with Gasteiger partial charge in [-0.2, -0.15) is 0 Å². The fourth-order valence-corrected chi connectivity index (χ4v) is 1.24. The number of benzene rings is 1. The van der Waals surface area contributed by atoms with Crippen molar-refractivity contribution in [2.45, 2.75) is 0 Å². The van der Waals surface area contributed by atoms with Gasteiger partial charge in [-0.05, 0) is 0 Å². The second-order valence-corrected chi connectivity index (χ2v) is 2.59. The Hall–Kier alpha value is -1.39. The Morgan fingerprint density at radius 2 is 1.92 bits per heavy atom. The quantitative estimate of drug-likeness (QED) is 0.540. The Balaban J connectivity index is 2.66. The molecule has 0 unspecified atom stereocenters. The molecule has 1 aromatic carbocycles. The number of carbonyl (C=O) groups is 1. The summed E-state index contributed by atoms with van der Waals surface area (Å²) >= 11 is 0. The van der Waals surface area contributed by atoms with Crippen molar-refractivity contribution in [3.63, 3.8) is 0 Å². The second kappa shape index (κ2) is 2.06. The first-order chi connectivity index (χ1) is 5.61. The molecular weight excluding hydrogens is 165 g/mol. The van der Waals surface area contributed by atoms with Crippen molar-refractivity contribution in [3.8, 4) is 0 Å². The summed E-state index contributed by atoms with van der Waals surface area (Å²) in [6.07, 6.45) is 0. The maximum absolute atomic E-state index is 12.8. The fraction of sp³-hybridized carbons (Fsp3) is 0. The molecule has 1 aromatic rings. The van der Waals surface area contributed by atoms with Gasteiger partial charge in [0.05, 0.1) is 0 Å². The third-order valence-electron chi connectivity index (χ3n) is 1.80. The monoisotopic (exact) mass is 169 g/mol. The Morgan fingerprint density at radius 3 is 2.58 bits per heavy atom.